The fourth-order valence-corrected chi connectivity index (χ4v) is 1.83. The van der Waals surface area contributed by atoms with Crippen molar-refractivity contribution in [2.75, 3.05) is 6.54 Å². The van der Waals surface area contributed by atoms with Crippen molar-refractivity contribution >= 4 is 0 Å². The summed E-state index contributed by atoms with van der Waals surface area (Å²) in [4.78, 5) is 0. The minimum atomic E-state index is -0.692. The third-order valence-electron chi connectivity index (χ3n) is 2.78. The summed E-state index contributed by atoms with van der Waals surface area (Å²) in [5.74, 6) is -1.35. The average Bonchev–Trinajstić information content (AvgIpc) is 2.44. The van der Waals surface area contributed by atoms with E-state index in [0.717, 1.165) is 13.0 Å². The van der Waals surface area contributed by atoms with Crippen LogP contribution in [-0.2, 0) is 6.54 Å². The summed E-state index contributed by atoms with van der Waals surface area (Å²) in [5, 5.41) is 3.10. The standard InChI is InChI=1S/C16H17F2NO/c1-2-8-19-11-12-9-14(17)16(15(18)10-12)20-13-6-4-3-5-7-13/h3-7,9-10,19H,2,8,11H2,1H3. The summed E-state index contributed by atoms with van der Waals surface area (Å²) in [6, 6.07) is 11.2. The number of benzene rings is 2. The molecule has 4 heteroatoms. The smallest absolute Gasteiger partial charge is 0.198 e. The highest BCUT2D eigenvalue weighted by molar-refractivity contribution is 5.35. The number of hydrogen-bond donors (Lipinski definition) is 1. The Morgan fingerprint density at radius 3 is 2.30 bits per heavy atom. The van der Waals surface area contributed by atoms with Gasteiger partial charge in [0.1, 0.15) is 5.75 Å². The lowest BCUT2D eigenvalue weighted by Crippen LogP contribution is -2.14. The summed E-state index contributed by atoms with van der Waals surface area (Å²) >= 11 is 0. The van der Waals surface area contributed by atoms with Crippen LogP contribution in [0.5, 0.6) is 11.5 Å². The van der Waals surface area contributed by atoms with Crippen LogP contribution in [0.3, 0.4) is 0 Å². The van der Waals surface area contributed by atoms with Gasteiger partial charge in [0, 0.05) is 6.54 Å². The summed E-state index contributed by atoms with van der Waals surface area (Å²) < 4.78 is 33.1. The van der Waals surface area contributed by atoms with Gasteiger partial charge in [-0.05, 0) is 42.8 Å². The van der Waals surface area contributed by atoms with E-state index < -0.39 is 11.6 Å². The molecule has 0 saturated heterocycles. The lowest BCUT2D eigenvalue weighted by atomic mass is 10.2. The number of para-hydroxylation sites is 1. The molecule has 2 nitrogen and oxygen atoms in total. The molecule has 2 aromatic rings. The molecule has 0 spiro atoms. The van der Waals surface area contributed by atoms with Crippen LogP contribution in [0, 0.1) is 11.6 Å². The number of nitrogens with one attached hydrogen (secondary N) is 1. The molecule has 0 unspecified atom stereocenters. The van der Waals surface area contributed by atoms with Crippen LogP contribution in [-0.4, -0.2) is 6.54 Å². The lowest BCUT2D eigenvalue weighted by Gasteiger charge is -2.10. The lowest BCUT2D eigenvalue weighted by molar-refractivity contribution is 0.406. The molecule has 0 aliphatic rings. The van der Waals surface area contributed by atoms with Crippen LogP contribution in [0.2, 0.25) is 0 Å². The minimum Gasteiger partial charge on any atom is -0.451 e. The van der Waals surface area contributed by atoms with Gasteiger partial charge >= 0.3 is 0 Å². The zero-order valence-electron chi connectivity index (χ0n) is 11.3. The molecule has 0 aliphatic heterocycles. The minimum absolute atomic E-state index is 0.365. The Morgan fingerprint density at radius 1 is 1.05 bits per heavy atom. The molecular formula is C16H17F2NO. The van der Waals surface area contributed by atoms with Crippen molar-refractivity contribution in [3.63, 3.8) is 0 Å². The van der Waals surface area contributed by atoms with Gasteiger partial charge in [-0.25, -0.2) is 8.78 Å². The number of rotatable bonds is 6. The van der Waals surface area contributed by atoms with E-state index in [1.54, 1.807) is 24.3 Å². The molecule has 0 aliphatic carbocycles. The Morgan fingerprint density at radius 2 is 1.70 bits per heavy atom. The van der Waals surface area contributed by atoms with Crippen molar-refractivity contribution < 1.29 is 13.5 Å². The third-order valence-corrected chi connectivity index (χ3v) is 2.78. The maximum absolute atomic E-state index is 13.9. The van der Waals surface area contributed by atoms with E-state index in [4.69, 9.17) is 4.74 Å². The van der Waals surface area contributed by atoms with Gasteiger partial charge in [0.25, 0.3) is 0 Å². The van der Waals surface area contributed by atoms with Crippen LogP contribution in [0.1, 0.15) is 18.9 Å². The molecule has 2 rings (SSSR count). The Labute approximate surface area is 117 Å². The van der Waals surface area contributed by atoms with Gasteiger partial charge < -0.3 is 10.1 Å². The van der Waals surface area contributed by atoms with Crippen molar-refractivity contribution in [1.82, 2.24) is 5.32 Å². The van der Waals surface area contributed by atoms with Crippen LogP contribution < -0.4 is 10.1 Å². The van der Waals surface area contributed by atoms with Gasteiger partial charge in [-0.2, -0.15) is 0 Å². The SMILES string of the molecule is CCCNCc1cc(F)c(Oc2ccccc2)c(F)c1. The van der Waals surface area contributed by atoms with Crippen LogP contribution in [0.4, 0.5) is 8.78 Å². The topological polar surface area (TPSA) is 21.3 Å². The zero-order valence-corrected chi connectivity index (χ0v) is 11.3. The predicted octanol–water partition coefficient (Wildman–Crippen LogP) is 4.26. The number of hydrogen-bond acceptors (Lipinski definition) is 2. The summed E-state index contributed by atoms with van der Waals surface area (Å²) in [6.07, 6.45) is 0.972. The van der Waals surface area contributed by atoms with Crippen molar-refractivity contribution in [3.8, 4) is 11.5 Å². The maximum Gasteiger partial charge on any atom is 0.198 e. The van der Waals surface area contributed by atoms with E-state index in [-0.39, 0.29) is 5.75 Å². The van der Waals surface area contributed by atoms with E-state index in [0.29, 0.717) is 17.9 Å². The zero-order chi connectivity index (χ0) is 14.4. The molecule has 0 bridgehead atoms. The molecule has 106 valence electrons. The number of ether oxygens (including phenoxy) is 1. The molecule has 0 fully saturated rings. The molecular weight excluding hydrogens is 260 g/mol. The Balaban J connectivity index is 2.14. The van der Waals surface area contributed by atoms with E-state index in [1.165, 1.54) is 12.1 Å². The van der Waals surface area contributed by atoms with E-state index in [1.807, 2.05) is 13.0 Å². The molecule has 0 aromatic heterocycles. The van der Waals surface area contributed by atoms with Gasteiger partial charge in [-0.3, -0.25) is 0 Å². The molecule has 2 aromatic carbocycles. The quantitative estimate of drug-likeness (QED) is 0.797. The highest BCUT2D eigenvalue weighted by atomic mass is 19.1. The van der Waals surface area contributed by atoms with Gasteiger partial charge in [0.15, 0.2) is 17.4 Å². The second-order valence-electron chi connectivity index (χ2n) is 4.48. The fourth-order valence-electron chi connectivity index (χ4n) is 1.83. The van der Waals surface area contributed by atoms with Crippen LogP contribution in [0.25, 0.3) is 0 Å². The molecule has 0 amide bonds. The Bertz CT molecular complexity index is 535. The fraction of sp³-hybridized carbons (Fsp3) is 0.250. The highest BCUT2D eigenvalue weighted by Crippen LogP contribution is 2.28. The summed E-state index contributed by atoms with van der Waals surface area (Å²) in [7, 11) is 0. The second kappa shape index (κ2) is 7.01. The van der Waals surface area contributed by atoms with Gasteiger partial charge in [-0.1, -0.05) is 25.1 Å². The van der Waals surface area contributed by atoms with Crippen LogP contribution in [0.15, 0.2) is 42.5 Å². The first kappa shape index (κ1) is 14.5. The first-order chi connectivity index (χ1) is 9.70. The largest absolute Gasteiger partial charge is 0.451 e. The van der Waals surface area contributed by atoms with Crippen molar-refractivity contribution in [3.05, 3.63) is 59.7 Å². The molecule has 0 atom stereocenters. The first-order valence-corrected chi connectivity index (χ1v) is 6.62. The van der Waals surface area contributed by atoms with E-state index in [2.05, 4.69) is 5.32 Å². The first-order valence-electron chi connectivity index (χ1n) is 6.62. The monoisotopic (exact) mass is 277 g/mol. The molecule has 1 N–H and O–H groups in total. The number of halogens is 2. The molecule has 20 heavy (non-hydrogen) atoms. The van der Waals surface area contributed by atoms with E-state index >= 15 is 0 Å². The predicted molar refractivity (Wildman–Crippen MR) is 74.9 cm³/mol. The molecule has 0 heterocycles. The Hall–Kier alpha value is -1.94. The van der Waals surface area contributed by atoms with Crippen molar-refractivity contribution in [2.24, 2.45) is 0 Å². The average molecular weight is 277 g/mol. The molecule has 0 saturated carbocycles. The normalized spacial score (nSPS) is 10.6. The van der Waals surface area contributed by atoms with Crippen molar-refractivity contribution in [2.45, 2.75) is 19.9 Å². The third kappa shape index (κ3) is 3.78. The van der Waals surface area contributed by atoms with E-state index in [9.17, 15) is 8.78 Å². The van der Waals surface area contributed by atoms with Gasteiger partial charge in [0.05, 0.1) is 0 Å². The maximum atomic E-state index is 13.9. The van der Waals surface area contributed by atoms with Gasteiger partial charge in [0.2, 0.25) is 0 Å². The summed E-state index contributed by atoms with van der Waals surface area (Å²) in [5.41, 5.74) is 0.564. The van der Waals surface area contributed by atoms with Crippen LogP contribution >= 0.6 is 0 Å². The van der Waals surface area contributed by atoms with Gasteiger partial charge in [-0.15, -0.1) is 0 Å². The van der Waals surface area contributed by atoms with Crippen molar-refractivity contribution in [1.29, 1.82) is 0 Å². The Kier molecular flexibility index (Phi) is 5.07. The molecule has 0 radical (unpaired) electrons. The second-order valence-corrected chi connectivity index (χ2v) is 4.48. The summed E-state index contributed by atoms with van der Waals surface area (Å²) in [6.45, 7) is 3.28. The highest BCUT2D eigenvalue weighted by Gasteiger charge is 2.13.